The number of amides is 1. The molecule has 0 bridgehead atoms. The van der Waals surface area contributed by atoms with Crippen molar-refractivity contribution in [2.45, 2.75) is 26.8 Å². The fraction of sp³-hybridized carbons (Fsp3) is 0.400. The monoisotopic (exact) mass is 288 g/mol. The molecule has 0 atom stereocenters. The first-order chi connectivity index (χ1) is 10.2. The molecule has 2 aromatic rings. The maximum absolute atomic E-state index is 11.9. The van der Waals surface area contributed by atoms with E-state index in [9.17, 15) is 4.79 Å². The van der Waals surface area contributed by atoms with Gasteiger partial charge in [-0.1, -0.05) is 6.07 Å². The molecule has 0 aliphatic heterocycles. The van der Waals surface area contributed by atoms with Gasteiger partial charge >= 0.3 is 0 Å². The number of aryl methyl sites for hydroxylation is 2. The van der Waals surface area contributed by atoms with Crippen LogP contribution in [0.5, 0.6) is 0 Å². The zero-order valence-electron chi connectivity index (χ0n) is 12.3. The Labute approximate surface area is 124 Å². The van der Waals surface area contributed by atoms with Gasteiger partial charge < -0.3 is 15.1 Å². The van der Waals surface area contributed by atoms with Gasteiger partial charge in [0.15, 0.2) is 5.89 Å². The topological polar surface area (TPSA) is 80.0 Å². The van der Waals surface area contributed by atoms with Crippen LogP contribution in [-0.4, -0.2) is 29.0 Å². The number of carbonyl (C=O) groups is 1. The molecule has 21 heavy (non-hydrogen) atoms. The summed E-state index contributed by atoms with van der Waals surface area (Å²) in [6.07, 6.45) is 4.44. The fourth-order valence-electron chi connectivity index (χ4n) is 1.97. The molecule has 0 fully saturated rings. The summed E-state index contributed by atoms with van der Waals surface area (Å²) in [7, 11) is 0. The van der Waals surface area contributed by atoms with E-state index in [1.54, 1.807) is 20.0 Å². The van der Waals surface area contributed by atoms with Crippen molar-refractivity contribution in [2.75, 3.05) is 13.1 Å². The number of nitrogens with zero attached hydrogens (tertiary/aromatic N) is 2. The Morgan fingerprint density at radius 3 is 2.86 bits per heavy atom. The van der Waals surface area contributed by atoms with Crippen LogP contribution in [0.25, 0.3) is 0 Å². The molecule has 0 saturated heterocycles. The molecule has 0 spiro atoms. The van der Waals surface area contributed by atoms with E-state index in [4.69, 9.17) is 4.42 Å². The van der Waals surface area contributed by atoms with Gasteiger partial charge in [0.2, 0.25) is 5.76 Å². The number of carbonyl (C=O) groups excluding carboxylic acids is 1. The predicted octanol–water partition coefficient (Wildman–Crippen LogP) is 1.60. The third kappa shape index (κ3) is 4.68. The van der Waals surface area contributed by atoms with Crippen LogP contribution in [0, 0.1) is 13.8 Å². The van der Waals surface area contributed by atoms with Gasteiger partial charge in [-0.05, 0) is 31.5 Å². The van der Waals surface area contributed by atoms with Crippen molar-refractivity contribution in [3.05, 3.63) is 47.4 Å². The second-order valence-corrected chi connectivity index (χ2v) is 4.79. The maximum Gasteiger partial charge on any atom is 0.289 e. The molecule has 2 rings (SSSR count). The number of hydrogen-bond acceptors (Lipinski definition) is 5. The minimum absolute atomic E-state index is 0.208. The van der Waals surface area contributed by atoms with Crippen LogP contribution in [-0.2, 0) is 6.54 Å². The maximum atomic E-state index is 11.9. The van der Waals surface area contributed by atoms with Gasteiger partial charge in [-0.25, -0.2) is 4.98 Å². The normalized spacial score (nSPS) is 10.6. The number of hydrogen-bond donors (Lipinski definition) is 2. The largest absolute Gasteiger partial charge is 0.436 e. The fourth-order valence-corrected chi connectivity index (χ4v) is 1.97. The average molecular weight is 288 g/mol. The van der Waals surface area contributed by atoms with E-state index in [-0.39, 0.29) is 5.91 Å². The zero-order valence-corrected chi connectivity index (χ0v) is 12.3. The van der Waals surface area contributed by atoms with Crippen molar-refractivity contribution in [3.63, 3.8) is 0 Å². The van der Waals surface area contributed by atoms with Gasteiger partial charge in [-0.15, -0.1) is 0 Å². The molecule has 2 aromatic heterocycles. The summed E-state index contributed by atoms with van der Waals surface area (Å²) in [5, 5.41) is 6.13. The second-order valence-electron chi connectivity index (χ2n) is 4.79. The van der Waals surface area contributed by atoms with E-state index in [1.807, 2.05) is 18.3 Å². The van der Waals surface area contributed by atoms with Crippen molar-refractivity contribution in [2.24, 2.45) is 0 Å². The smallest absolute Gasteiger partial charge is 0.289 e. The molecule has 1 amide bonds. The molecular weight excluding hydrogens is 268 g/mol. The lowest BCUT2D eigenvalue weighted by Gasteiger charge is -2.05. The molecule has 2 N–H and O–H groups in total. The van der Waals surface area contributed by atoms with E-state index in [0.29, 0.717) is 23.9 Å². The highest BCUT2D eigenvalue weighted by atomic mass is 16.4. The van der Waals surface area contributed by atoms with Gasteiger partial charge in [0.25, 0.3) is 5.91 Å². The van der Waals surface area contributed by atoms with Crippen molar-refractivity contribution in [1.29, 1.82) is 0 Å². The standard InChI is InChI=1S/C15H20N4O2/c1-11-14(21-12(2)19-11)15(20)18-8-4-7-17-10-13-5-3-6-16-9-13/h3,5-6,9,17H,4,7-8,10H2,1-2H3,(H,18,20). The van der Waals surface area contributed by atoms with Crippen LogP contribution in [0.4, 0.5) is 0 Å². The molecule has 0 unspecified atom stereocenters. The van der Waals surface area contributed by atoms with Crippen LogP contribution < -0.4 is 10.6 Å². The Hall–Kier alpha value is -2.21. The number of pyridine rings is 1. The third-order valence-electron chi connectivity index (χ3n) is 2.98. The highest BCUT2D eigenvalue weighted by Gasteiger charge is 2.14. The van der Waals surface area contributed by atoms with E-state index in [1.165, 1.54) is 0 Å². The van der Waals surface area contributed by atoms with E-state index >= 15 is 0 Å². The van der Waals surface area contributed by atoms with E-state index < -0.39 is 0 Å². The summed E-state index contributed by atoms with van der Waals surface area (Å²) in [6.45, 7) is 5.69. The third-order valence-corrected chi connectivity index (χ3v) is 2.98. The lowest BCUT2D eigenvalue weighted by Crippen LogP contribution is -2.27. The molecule has 6 nitrogen and oxygen atoms in total. The van der Waals surface area contributed by atoms with Crippen molar-refractivity contribution < 1.29 is 9.21 Å². The summed E-state index contributed by atoms with van der Waals surface area (Å²) in [5.41, 5.74) is 1.77. The number of nitrogens with one attached hydrogen (secondary N) is 2. The Morgan fingerprint density at radius 1 is 1.33 bits per heavy atom. The van der Waals surface area contributed by atoms with Gasteiger partial charge in [0.05, 0.1) is 5.69 Å². The van der Waals surface area contributed by atoms with Crippen LogP contribution in [0.2, 0.25) is 0 Å². The zero-order chi connectivity index (χ0) is 15.1. The highest BCUT2D eigenvalue weighted by molar-refractivity contribution is 5.92. The van der Waals surface area contributed by atoms with Gasteiger partial charge in [-0.3, -0.25) is 9.78 Å². The quantitative estimate of drug-likeness (QED) is 0.756. The summed E-state index contributed by atoms with van der Waals surface area (Å²) in [5.74, 6) is 0.604. The lowest BCUT2D eigenvalue weighted by molar-refractivity contribution is 0.0923. The minimum Gasteiger partial charge on any atom is -0.436 e. The first-order valence-corrected chi connectivity index (χ1v) is 6.98. The molecule has 0 aromatic carbocycles. The average Bonchev–Trinajstić information content (AvgIpc) is 2.82. The summed E-state index contributed by atoms with van der Waals surface area (Å²) in [4.78, 5) is 20.0. The number of oxazole rings is 1. The molecule has 0 aliphatic carbocycles. The molecule has 6 heteroatoms. The van der Waals surface area contributed by atoms with Crippen molar-refractivity contribution >= 4 is 5.91 Å². The SMILES string of the molecule is Cc1nc(C)c(C(=O)NCCCNCc2cccnc2)o1. The minimum atomic E-state index is -0.208. The Balaban J connectivity index is 1.62. The van der Waals surface area contributed by atoms with Gasteiger partial charge in [0.1, 0.15) is 0 Å². The molecule has 2 heterocycles. The van der Waals surface area contributed by atoms with Crippen LogP contribution in [0.15, 0.2) is 28.9 Å². The Bertz CT molecular complexity index is 581. The van der Waals surface area contributed by atoms with Crippen molar-refractivity contribution in [1.82, 2.24) is 20.6 Å². The molecule has 112 valence electrons. The Kier molecular flexibility index (Phi) is 5.45. The van der Waals surface area contributed by atoms with E-state index in [2.05, 4.69) is 20.6 Å². The molecule has 0 saturated carbocycles. The summed E-state index contributed by atoms with van der Waals surface area (Å²) < 4.78 is 5.27. The van der Waals surface area contributed by atoms with E-state index in [0.717, 1.165) is 25.1 Å². The second kappa shape index (κ2) is 7.54. The highest BCUT2D eigenvalue weighted by Crippen LogP contribution is 2.08. The number of rotatable bonds is 7. The predicted molar refractivity (Wildman–Crippen MR) is 78.9 cm³/mol. The molecule has 0 aliphatic rings. The Morgan fingerprint density at radius 2 is 2.19 bits per heavy atom. The van der Waals surface area contributed by atoms with Crippen LogP contribution >= 0.6 is 0 Å². The number of aromatic nitrogens is 2. The van der Waals surface area contributed by atoms with Gasteiger partial charge in [0, 0.05) is 32.4 Å². The molecular formula is C15H20N4O2. The lowest BCUT2D eigenvalue weighted by atomic mass is 10.3. The summed E-state index contributed by atoms with van der Waals surface area (Å²) in [6, 6.07) is 3.94. The first-order valence-electron chi connectivity index (χ1n) is 6.98. The first kappa shape index (κ1) is 15.2. The van der Waals surface area contributed by atoms with Crippen LogP contribution in [0.1, 0.15) is 34.1 Å². The summed E-state index contributed by atoms with van der Waals surface area (Å²) >= 11 is 0. The van der Waals surface area contributed by atoms with Crippen LogP contribution in [0.3, 0.4) is 0 Å². The molecule has 0 radical (unpaired) electrons. The van der Waals surface area contributed by atoms with Gasteiger partial charge in [-0.2, -0.15) is 0 Å². The van der Waals surface area contributed by atoms with Crippen molar-refractivity contribution in [3.8, 4) is 0 Å².